The van der Waals surface area contributed by atoms with Crippen molar-refractivity contribution in [1.29, 1.82) is 0 Å². The Morgan fingerprint density at radius 1 is 1.15 bits per heavy atom. The van der Waals surface area contributed by atoms with E-state index in [9.17, 15) is 0 Å². The van der Waals surface area contributed by atoms with Gasteiger partial charge in [0.15, 0.2) is 16.3 Å². The maximum absolute atomic E-state index is 5.28. The predicted octanol–water partition coefficient (Wildman–Crippen LogP) is 4.46. The second kappa shape index (κ2) is 8.43. The summed E-state index contributed by atoms with van der Waals surface area (Å²) >= 11 is 4.79. The lowest BCUT2D eigenvalue weighted by Gasteiger charge is -1.99. The van der Waals surface area contributed by atoms with Crippen LogP contribution in [0.1, 0.15) is 33.4 Å². The summed E-state index contributed by atoms with van der Waals surface area (Å²) in [4.78, 5) is 5.86. The number of para-hydroxylation sites is 2. The molecule has 1 aliphatic rings. The van der Waals surface area contributed by atoms with Gasteiger partial charge in [0.2, 0.25) is 6.29 Å². The molecule has 0 radical (unpaired) electrons. The highest BCUT2D eigenvalue weighted by atomic mass is 32.1. The van der Waals surface area contributed by atoms with E-state index in [1.165, 1.54) is 0 Å². The van der Waals surface area contributed by atoms with Gasteiger partial charge in [-0.3, -0.25) is 0 Å². The minimum Gasteiger partial charge on any atom is -0.451 e. The van der Waals surface area contributed by atoms with Gasteiger partial charge >= 0.3 is 0 Å². The molecule has 4 nitrogen and oxygen atoms in total. The number of fused-ring (bicyclic) bond motifs is 1. The third-order valence-corrected chi connectivity index (χ3v) is 2.69. The third kappa shape index (κ3) is 4.74. The van der Waals surface area contributed by atoms with Gasteiger partial charge in [0.25, 0.3) is 0 Å². The molecule has 0 aliphatic carbocycles. The Bertz CT molecular complexity index is 538. The van der Waals surface area contributed by atoms with Crippen LogP contribution in [0.3, 0.4) is 0 Å². The smallest absolute Gasteiger partial charge is 0.238 e. The van der Waals surface area contributed by atoms with Crippen LogP contribution in [0.4, 0.5) is 0 Å². The minimum atomic E-state index is -0.127. The molecule has 1 aromatic heterocycles. The van der Waals surface area contributed by atoms with Crippen molar-refractivity contribution in [3.63, 3.8) is 0 Å². The number of ether oxygens (including phenoxy) is 2. The number of hydrogen-bond acceptors (Lipinski definition) is 3. The zero-order chi connectivity index (χ0) is 15.0. The minimum absolute atomic E-state index is 0.127. The van der Waals surface area contributed by atoms with Crippen molar-refractivity contribution in [3.8, 4) is 11.5 Å². The molecule has 0 bridgehead atoms. The molecule has 1 aliphatic heterocycles. The van der Waals surface area contributed by atoms with Gasteiger partial charge in [-0.25, -0.2) is 0 Å². The van der Waals surface area contributed by atoms with Gasteiger partial charge in [-0.1, -0.05) is 32.9 Å². The molecule has 0 fully saturated rings. The molecule has 20 heavy (non-hydrogen) atoms. The molecular weight excluding hydrogens is 272 g/mol. The van der Waals surface area contributed by atoms with Crippen molar-refractivity contribution in [2.24, 2.45) is 0 Å². The summed E-state index contributed by atoms with van der Waals surface area (Å²) in [6.07, 6.45) is 2.77. The van der Waals surface area contributed by atoms with E-state index in [2.05, 4.69) is 16.9 Å². The third-order valence-electron chi connectivity index (χ3n) is 2.47. The monoisotopic (exact) mass is 294 g/mol. The Labute approximate surface area is 125 Å². The molecule has 3 rings (SSSR count). The first-order valence-electron chi connectivity index (χ1n) is 6.88. The molecule has 0 amide bonds. The quantitative estimate of drug-likeness (QED) is 0.763. The Morgan fingerprint density at radius 3 is 2.05 bits per heavy atom. The van der Waals surface area contributed by atoms with Crippen LogP contribution >= 0.6 is 12.2 Å². The van der Waals surface area contributed by atoms with E-state index in [0.29, 0.717) is 4.77 Å². The second-order valence-electron chi connectivity index (χ2n) is 3.87. The van der Waals surface area contributed by atoms with Crippen molar-refractivity contribution >= 4 is 12.2 Å². The van der Waals surface area contributed by atoms with Crippen molar-refractivity contribution < 1.29 is 9.47 Å². The highest BCUT2D eigenvalue weighted by molar-refractivity contribution is 7.71. The number of H-pyrrole nitrogens is 2. The zero-order valence-corrected chi connectivity index (χ0v) is 13.2. The maximum Gasteiger partial charge on any atom is 0.238 e. The molecular formula is C15H22N2O2S. The molecule has 0 saturated heterocycles. The lowest BCUT2D eigenvalue weighted by atomic mass is 10.3. The normalized spacial score (nSPS) is 12.0. The standard InChI is InChI=1S/C8H8O2.C5H8N2S.C2H6/c1-6-9-7-4-2-3-5-8(7)10-6;1-2-4-3-6-5(8)7-4;1-2/h2-6H,1H3;3H,2H2,1H3,(H2,6,7,8);1-2H3. The maximum atomic E-state index is 5.28. The van der Waals surface area contributed by atoms with Crippen LogP contribution in [0.25, 0.3) is 0 Å². The first-order chi connectivity index (χ1) is 9.69. The van der Waals surface area contributed by atoms with Gasteiger partial charge in [-0.2, -0.15) is 0 Å². The first-order valence-corrected chi connectivity index (χ1v) is 7.28. The number of rotatable bonds is 1. The number of aromatic amines is 2. The van der Waals surface area contributed by atoms with E-state index in [1.54, 1.807) is 0 Å². The lowest BCUT2D eigenvalue weighted by molar-refractivity contribution is 0.0678. The van der Waals surface area contributed by atoms with Crippen LogP contribution < -0.4 is 9.47 Å². The summed E-state index contributed by atoms with van der Waals surface area (Å²) < 4.78 is 11.3. The molecule has 2 aromatic rings. The van der Waals surface area contributed by atoms with Crippen LogP contribution in [0.2, 0.25) is 0 Å². The number of hydrogen-bond donors (Lipinski definition) is 2. The first kappa shape index (κ1) is 16.3. The Balaban J connectivity index is 0.000000182. The number of benzene rings is 1. The van der Waals surface area contributed by atoms with Gasteiger partial charge in [0.1, 0.15) is 0 Å². The van der Waals surface area contributed by atoms with Gasteiger partial charge in [0.05, 0.1) is 0 Å². The molecule has 2 N–H and O–H groups in total. The molecule has 0 saturated carbocycles. The van der Waals surface area contributed by atoms with E-state index in [0.717, 1.165) is 23.6 Å². The summed E-state index contributed by atoms with van der Waals surface area (Å²) in [6, 6.07) is 7.66. The van der Waals surface area contributed by atoms with Gasteiger partial charge < -0.3 is 19.4 Å². The van der Waals surface area contributed by atoms with Crippen LogP contribution in [0, 0.1) is 4.77 Å². The van der Waals surface area contributed by atoms with Gasteiger partial charge in [-0.05, 0) is 30.8 Å². The Hall–Kier alpha value is -1.75. The highest BCUT2D eigenvalue weighted by Crippen LogP contribution is 2.33. The largest absolute Gasteiger partial charge is 0.451 e. The molecule has 2 heterocycles. The predicted molar refractivity (Wildman–Crippen MR) is 83.9 cm³/mol. The van der Waals surface area contributed by atoms with Crippen molar-refractivity contribution in [1.82, 2.24) is 9.97 Å². The zero-order valence-electron chi connectivity index (χ0n) is 12.4. The summed E-state index contributed by atoms with van der Waals surface area (Å²) in [5.74, 6) is 1.69. The van der Waals surface area contributed by atoms with E-state index < -0.39 is 0 Å². The molecule has 1 aromatic carbocycles. The summed E-state index contributed by atoms with van der Waals surface area (Å²) in [5, 5.41) is 0. The molecule has 5 heteroatoms. The van der Waals surface area contributed by atoms with Crippen molar-refractivity contribution in [3.05, 3.63) is 40.9 Å². The summed E-state index contributed by atoms with van der Waals surface area (Å²) in [6.45, 7) is 7.95. The average molecular weight is 294 g/mol. The van der Waals surface area contributed by atoms with Crippen LogP contribution in [0.5, 0.6) is 11.5 Å². The average Bonchev–Trinajstić information content (AvgIpc) is 3.06. The number of nitrogens with one attached hydrogen (secondary N) is 2. The number of aromatic nitrogens is 2. The van der Waals surface area contributed by atoms with Crippen LogP contribution in [-0.2, 0) is 6.42 Å². The second-order valence-corrected chi connectivity index (χ2v) is 4.28. The molecule has 0 atom stereocenters. The fourth-order valence-corrected chi connectivity index (χ4v) is 1.78. The van der Waals surface area contributed by atoms with Gasteiger partial charge in [0, 0.05) is 18.8 Å². The van der Waals surface area contributed by atoms with Crippen molar-refractivity contribution in [2.75, 3.05) is 0 Å². The summed E-state index contributed by atoms with van der Waals surface area (Å²) in [7, 11) is 0. The van der Waals surface area contributed by atoms with Crippen LogP contribution in [0.15, 0.2) is 30.5 Å². The topological polar surface area (TPSA) is 50.0 Å². The molecule has 0 unspecified atom stereocenters. The Kier molecular flexibility index (Phi) is 6.87. The number of imidazole rings is 1. The Morgan fingerprint density at radius 2 is 1.70 bits per heavy atom. The SMILES string of the molecule is CC.CC1Oc2ccccc2O1.CCc1c[nH]c(=S)[nH]1. The summed E-state index contributed by atoms with van der Waals surface area (Å²) in [5.41, 5.74) is 1.16. The van der Waals surface area contributed by atoms with E-state index in [4.69, 9.17) is 21.7 Å². The highest BCUT2D eigenvalue weighted by Gasteiger charge is 2.17. The molecule has 110 valence electrons. The van der Waals surface area contributed by atoms with E-state index >= 15 is 0 Å². The molecule has 0 spiro atoms. The van der Waals surface area contributed by atoms with Gasteiger partial charge in [-0.15, -0.1) is 0 Å². The lowest BCUT2D eigenvalue weighted by Crippen LogP contribution is -2.11. The van der Waals surface area contributed by atoms with Crippen LogP contribution in [-0.4, -0.2) is 16.3 Å². The fourth-order valence-electron chi connectivity index (χ4n) is 1.59. The number of aryl methyl sites for hydroxylation is 1. The van der Waals surface area contributed by atoms with E-state index in [-0.39, 0.29) is 6.29 Å². The fraction of sp³-hybridized carbons (Fsp3) is 0.400. The van der Waals surface area contributed by atoms with Crippen molar-refractivity contribution in [2.45, 2.75) is 40.4 Å². The van der Waals surface area contributed by atoms with E-state index in [1.807, 2.05) is 51.2 Å².